The molecule has 1 atom stereocenters. The molecule has 1 fully saturated rings. The second-order valence-corrected chi connectivity index (χ2v) is 8.10. The second kappa shape index (κ2) is 7.64. The monoisotopic (exact) mass is 352 g/mol. The molecule has 0 radical (unpaired) electrons. The van der Waals surface area contributed by atoms with E-state index < -0.39 is 0 Å². The van der Waals surface area contributed by atoms with Gasteiger partial charge < -0.3 is 10.2 Å². The number of halogens is 1. The van der Waals surface area contributed by atoms with E-state index in [0.29, 0.717) is 5.41 Å². The third-order valence-electron chi connectivity index (χ3n) is 4.66. The molecule has 0 bridgehead atoms. The van der Waals surface area contributed by atoms with E-state index in [-0.39, 0.29) is 0 Å². The van der Waals surface area contributed by atoms with Crippen molar-refractivity contribution < 1.29 is 0 Å². The third kappa shape index (κ3) is 5.30. The number of anilines is 1. The highest BCUT2D eigenvalue weighted by Crippen LogP contribution is 2.34. The molecular weight excluding hydrogens is 324 g/mol. The lowest BCUT2D eigenvalue weighted by atomic mass is 9.77. The SMILES string of the molecule is CC(C)(C)C1CCCN(CCNc2ccccc2Br)CC1. The Labute approximate surface area is 138 Å². The van der Waals surface area contributed by atoms with Gasteiger partial charge in [0.15, 0.2) is 0 Å². The van der Waals surface area contributed by atoms with Crippen LogP contribution >= 0.6 is 15.9 Å². The van der Waals surface area contributed by atoms with Crippen LogP contribution in [-0.2, 0) is 0 Å². The van der Waals surface area contributed by atoms with Crippen LogP contribution in [0.5, 0.6) is 0 Å². The molecule has 1 aliphatic rings. The molecule has 1 aromatic carbocycles. The van der Waals surface area contributed by atoms with Crippen LogP contribution in [-0.4, -0.2) is 31.1 Å². The summed E-state index contributed by atoms with van der Waals surface area (Å²) in [6, 6.07) is 8.34. The van der Waals surface area contributed by atoms with Gasteiger partial charge in [-0.15, -0.1) is 0 Å². The summed E-state index contributed by atoms with van der Waals surface area (Å²) in [5.41, 5.74) is 1.66. The molecule has 1 heterocycles. The van der Waals surface area contributed by atoms with Crippen molar-refractivity contribution in [3.63, 3.8) is 0 Å². The van der Waals surface area contributed by atoms with E-state index in [1.807, 2.05) is 0 Å². The standard InChI is InChI=1S/C18H29BrN2/c1-18(2,3)15-7-6-12-21(13-10-15)14-11-20-17-9-5-4-8-16(17)19/h4-5,8-9,15,20H,6-7,10-14H2,1-3H3. The van der Waals surface area contributed by atoms with E-state index in [0.717, 1.165) is 23.5 Å². The van der Waals surface area contributed by atoms with Crippen molar-refractivity contribution in [1.29, 1.82) is 0 Å². The topological polar surface area (TPSA) is 15.3 Å². The predicted octanol–water partition coefficient (Wildman–Crippen LogP) is 5.01. The van der Waals surface area contributed by atoms with Gasteiger partial charge in [-0.1, -0.05) is 32.9 Å². The largest absolute Gasteiger partial charge is 0.383 e. The zero-order chi connectivity index (χ0) is 15.3. The molecule has 0 aromatic heterocycles. The van der Waals surface area contributed by atoms with Crippen molar-refractivity contribution in [3.05, 3.63) is 28.7 Å². The van der Waals surface area contributed by atoms with E-state index in [1.165, 1.54) is 38.0 Å². The first kappa shape index (κ1) is 16.8. The Morgan fingerprint density at radius 2 is 1.95 bits per heavy atom. The summed E-state index contributed by atoms with van der Waals surface area (Å²) < 4.78 is 1.15. The fourth-order valence-electron chi connectivity index (χ4n) is 3.20. The summed E-state index contributed by atoms with van der Waals surface area (Å²) in [5, 5.41) is 3.53. The summed E-state index contributed by atoms with van der Waals surface area (Å²) in [7, 11) is 0. The zero-order valence-electron chi connectivity index (χ0n) is 13.7. The number of para-hydroxylation sites is 1. The average molecular weight is 353 g/mol. The van der Waals surface area contributed by atoms with Crippen molar-refractivity contribution in [2.24, 2.45) is 11.3 Å². The molecule has 2 nitrogen and oxygen atoms in total. The molecule has 1 unspecified atom stereocenters. The molecule has 0 amide bonds. The van der Waals surface area contributed by atoms with Gasteiger partial charge in [0.1, 0.15) is 0 Å². The van der Waals surface area contributed by atoms with E-state index in [4.69, 9.17) is 0 Å². The minimum Gasteiger partial charge on any atom is -0.383 e. The van der Waals surface area contributed by atoms with Crippen LogP contribution < -0.4 is 5.32 Å². The molecule has 1 saturated heterocycles. The molecular formula is C18H29BrN2. The highest BCUT2D eigenvalue weighted by molar-refractivity contribution is 9.10. The van der Waals surface area contributed by atoms with Crippen LogP contribution in [0.3, 0.4) is 0 Å². The van der Waals surface area contributed by atoms with Gasteiger partial charge in [-0.25, -0.2) is 0 Å². The van der Waals surface area contributed by atoms with Crippen LogP contribution in [0.4, 0.5) is 5.69 Å². The van der Waals surface area contributed by atoms with Crippen LogP contribution in [0, 0.1) is 11.3 Å². The Kier molecular flexibility index (Phi) is 6.12. The number of nitrogens with one attached hydrogen (secondary N) is 1. The Hall–Kier alpha value is -0.540. The Balaban J connectivity index is 1.76. The van der Waals surface area contributed by atoms with Gasteiger partial charge in [0.05, 0.1) is 0 Å². The van der Waals surface area contributed by atoms with Crippen molar-refractivity contribution >= 4 is 21.6 Å². The maximum Gasteiger partial charge on any atom is 0.0485 e. The lowest BCUT2D eigenvalue weighted by Gasteiger charge is -2.29. The van der Waals surface area contributed by atoms with Gasteiger partial charge >= 0.3 is 0 Å². The van der Waals surface area contributed by atoms with Gasteiger partial charge in [-0.2, -0.15) is 0 Å². The number of likely N-dealkylation sites (tertiary alicyclic amines) is 1. The molecule has 118 valence electrons. The van der Waals surface area contributed by atoms with E-state index in [9.17, 15) is 0 Å². The number of rotatable bonds is 4. The zero-order valence-corrected chi connectivity index (χ0v) is 15.2. The maximum absolute atomic E-state index is 3.59. The molecule has 0 spiro atoms. The van der Waals surface area contributed by atoms with Gasteiger partial charge in [-0.3, -0.25) is 0 Å². The summed E-state index contributed by atoms with van der Waals surface area (Å²) in [4.78, 5) is 2.62. The Morgan fingerprint density at radius 3 is 2.67 bits per heavy atom. The molecule has 0 saturated carbocycles. The first-order chi connectivity index (χ1) is 9.97. The van der Waals surface area contributed by atoms with Gasteiger partial charge in [0.25, 0.3) is 0 Å². The van der Waals surface area contributed by atoms with E-state index in [1.54, 1.807) is 0 Å². The normalized spacial score (nSPS) is 21.0. The van der Waals surface area contributed by atoms with Gasteiger partial charge in [-0.05, 0) is 71.7 Å². The summed E-state index contributed by atoms with van der Waals surface area (Å²) in [6.07, 6.45) is 4.08. The van der Waals surface area contributed by atoms with Crippen LogP contribution in [0.25, 0.3) is 0 Å². The molecule has 3 heteroatoms. The minimum absolute atomic E-state index is 0.461. The van der Waals surface area contributed by atoms with E-state index in [2.05, 4.69) is 71.2 Å². The number of nitrogens with zero attached hydrogens (tertiary/aromatic N) is 1. The van der Waals surface area contributed by atoms with Crippen LogP contribution in [0.15, 0.2) is 28.7 Å². The first-order valence-electron chi connectivity index (χ1n) is 8.17. The number of hydrogen-bond acceptors (Lipinski definition) is 2. The summed E-state index contributed by atoms with van der Waals surface area (Å²) in [6.45, 7) is 11.8. The van der Waals surface area contributed by atoms with Crippen molar-refractivity contribution in [1.82, 2.24) is 4.90 Å². The highest BCUT2D eigenvalue weighted by Gasteiger charge is 2.26. The predicted molar refractivity (Wildman–Crippen MR) is 95.9 cm³/mol. The molecule has 21 heavy (non-hydrogen) atoms. The smallest absolute Gasteiger partial charge is 0.0485 e. The number of hydrogen-bond donors (Lipinski definition) is 1. The van der Waals surface area contributed by atoms with Crippen LogP contribution in [0.1, 0.15) is 40.0 Å². The first-order valence-corrected chi connectivity index (χ1v) is 8.97. The summed E-state index contributed by atoms with van der Waals surface area (Å²) >= 11 is 3.59. The molecule has 1 N–H and O–H groups in total. The third-order valence-corrected chi connectivity index (χ3v) is 5.35. The fraction of sp³-hybridized carbons (Fsp3) is 0.667. The van der Waals surface area contributed by atoms with Crippen molar-refractivity contribution in [2.75, 3.05) is 31.5 Å². The van der Waals surface area contributed by atoms with Crippen molar-refractivity contribution in [3.8, 4) is 0 Å². The average Bonchev–Trinajstić information content (AvgIpc) is 2.66. The van der Waals surface area contributed by atoms with Crippen LogP contribution in [0.2, 0.25) is 0 Å². The van der Waals surface area contributed by atoms with E-state index >= 15 is 0 Å². The Bertz CT molecular complexity index is 439. The van der Waals surface area contributed by atoms with Crippen molar-refractivity contribution in [2.45, 2.75) is 40.0 Å². The minimum atomic E-state index is 0.461. The Morgan fingerprint density at radius 1 is 1.19 bits per heavy atom. The molecule has 0 aliphatic carbocycles. The summed E-state index contributed by atoms with van der Waals surface area (Å²) in [5.74, 6) is 0.874. The molecule has 2 rings (SSSR count). The fourth-order valence-corrected chi connectivity index (χ4v) is 3.62. The lowest BCUT2D eigenvalue weighted by Crippen LogP contribution is -2.30. The quantitative estimate of drug-likeness (QED) is 0.819. The lowest BCUT2D eigenvalue weighted by molar-refractivity contribution is 0.209. The van der Waals surface area contributed by atoms with Gasteiger partial charge in [0.2, 0.25) is 0 Å². The maximum atomic E-state index is 3.59. The number of benzene rings is 1. The molecule has 1 aliphatic heterocycles. The second-order valence-electron chi connectivity index (χ2n) is 7.24. The van der Waals surface area contributed by atoms with Gasteiger partial charge in [0, 0.05) is 23.2 Å². The highest BCUT2D eigenvalue weighted by atomic mass is 79.9. The molecule has 1 aromatic rings.